The molecule has 0 saturated carbocycles. The number of primary sulfonamides is 1. The molecule has 0 aliphatic rings. The number of nitrogens with one attached hydrogen (secondary N) is 1. The summed E-state index contributed by atoms with van der Waals surface area (Å²) in [5.74, 6) is -0.597. The zero-order valence-electron chi connectivity index (χ0n) is 9.16. The molecule has 1 aromatic rings. The average Bonchev–Trinajstić information content (AvgIpc) is 2.65. The molecule has 0 radical (unpaired) electrons. The molecule has 1 aromatic heterocycles. The summed E-state index contributed by atoms with van der Waals surface area (Å²) in [5, 5.41) is 13.2. The molecular weight excluding hydrogens is 298 g/mol. The van der Waals surface area contributed by atoms with E-state index in [1.54, 1.807) is 6.07 Å². The predicted molar refractivity (Wildman–Crippen MR) is 66.8 cm³/mol. The van der Waals surface area contributed by atoms with Gasteiger partial charge < -0.3 is 0 Å². The van der Waals surface area contributed by atoms with Crippen LogP contribution in [0.2, 0.25) is 0 Å². The van der Waals surface area contributed by atoms with Gasteiger partial charge in [-0.2, -0.15) is 5.26 Å². The van der Waals surface area contributed by atoms with Crippen molar-refractivity contribution in [1.29, 1.82) is 5.26 Å². The molecule has 0 unspecified atom stereocenters. The van der Waals surface area contributed by atoms with Gasteiger partial charge in [-0.05, 0) is 18.6 Å². The maximum absolute atomic E-state index is 11.1. The Bertz CT molecular complexity index is 654. The van der Waals surface area contributed by atoms with Crippen molar-refractivity contribution in [3.8, 4) is 6.07 Å². The van der Waals surface area contributed by atoms with E-state index >= 15 is 0 Å². The molecule has 0 amide bonds. The number of sulfonamides is 2. The molecule has 0 aliphatic heterocycles. The van der Waals surface area contributed by atoms with E-state index in [0.29, 0.717) is 11.3 Å². The summed E-state index contributed by atoms with van der Waals surface area (Å²) < 4.78 is 46.6. The molecule has 1 heterocycles. The van der Waals surface area contributed by atoms with Crippen LogP contribution in [0.5, 0.6) is 0 Å². The van der Waals surface area contributed by atoms with Crippen LogP contribution in [0.3, 0.4) is 0 Å². The van der Waals surface area contributed by atoms with Gasteiger partial charge in [-0.25, -0.2) is 26.7 Å². The monoisotopic (exact) mass is 309 g/mol. The lowest BCUT2D eigenvalue weighted by Gasteiger charge is -2.01. The lowest BCUT2D eigenvalue weighted by Crippen LogP contribution is -2.27. The van der Waals surface area contributed by atoms with Crippen LogP contribution in [0.25, 0.3) is 0 Å². The van der Waals surface area contributed by atoms with Gasteiger partial charge in [0.2, 0.25) is 20.0 Å². The van der Waals surface area contributed by atoms with Gasteiger partial charge in [-0.3, -0.25) is 0 Å². The molecule has 18 heavy (non-hydrogen) atoms. The third kappa shape index (κ3) is 4.71. The number of hydrogen-bond acceptors (Lipinski definition) is 6. The topological polar surface area (TPSA) is 130 Å². The van der Waals surface area contributed by atoms with Gasteiger partial charge >= 0.3 is 0 Å². The van der Waals surface area contributed by atoms with E-state index in [2.05, 4.69) is 4.72 Å². The van der Waals surface area contributed by atoms with E-state index in [4.69, 9.17) is 10.4 Å². The van der Waals surface area contributed by atoms with E-state index in [9.17, 15) is 16.8 Å². The lowest BCUT2D eigenvalue weighted by atomic mass is 10.3. The normalized spacial score (nSPS) is 12.2. The van der Waals surface area contributed by atoms with Gasteiger partial charge in [0, 0.05) is 11.4 Å². The average molecular weight is 309 g/mol. The van der Waals surface area contributed by atoms with Crippen LogP contribution >= 0.6 is 11.3 Å². The quantitative estimate of drug-likeness (QED) is 0.723. The van der Waals surface area contributed by atoms with E-state index < -0.39 is 25.8 Å². The third-order valence-electron chi connectivity index (χ3n) is 1.87. The third-order valence-corrected chi connectivity index (χ3v) is 5.60. The summed E-state index contributed by atoms with van der Waals surface area (Å²) in [6.07, 6.45) is 0.338. The van der Waals surface area contributed by atoms with Gasteiger partial charge in [0.05, 0.1) is 6.07 Å². The molecule has 10 heteroatoms. The first-order chi connectivity index (χ1) is 8.24. The maximum Gasteiger partial charge on any atom is 0.247 e. The number of rotatable bonds is 6. The summed E-state index contributed by atoms with van der Waals surface area (Å²) in [6.45, 7) is 0.106. The minimum atomic E-state index is -3.71. The van der Waals surface area contributed by atoms with Gasteiger partial charge in [0.1, 0.15) is 4.21 Å². The highest BCUT2D eigenvalue weighted by Crippen LogP contribution is 2.20. The largest absolute Gasteiger partial charge is 0.247 e. The van der Waals surface area contributed by atoms with Crippen molar-refractivity contribution < 1.29 is 16.8 Å². The SMILES string of the molecule is N#CCS(=O)(=O)NCCc1ccc(S(N)(=O)=O)s1. The van der Waals surface area contributed by atoms with Gasteiger partial charge in [-0.1, -0.05) is 0 Å². The standard InChI is InChI=1S/C8H11N3O4S3/c9-4-6-17(12,13)11-5-3-7-1-2-8(16-7)18(10,14)15/h1-2,11H,3,5-6H2,(H2,10,14,15). The second kappa shape index (κ2) is 5.77. The van der Waals surface area contributed by atoms with Gasteiger partial charge in [0.15, 0.2) is 5.75 Å². The predicted octanol–water partition coefficient (Wildman–Crippen LogP) is -0.619. The molecular formula is C8H11N3O4S3. The zero-order valence-corrected chi connectivity index (χ0v) is 11.6. The molecule has 3 N–H and O–H groups in total. The summed E-state index contributed by atoms with van der Waals surface area (Å²) >= 11 is 0.991. The maximum atomic E-state index is 11.1. The Kier molecular flexibility index (Phi) is 4.83. The molecule has 0 bridgehead atoms. The minimum absolute atomic E-state index is 0.0392. The Morgan fingerprint density at radius 3 is 2.50 bits per heavy atom. The lowest BCUT2D eigenvalue weighted by molar-refractivity contribution is 0.585. The fraction of sp³-hybridized carbons (Fsp3) is 0.375. The second-order valence-electron chi connectivity index (χ2n) is 3.33. The number of nitrogens with zero attached hydrogens (tertiary/aromatic N) is 1. The first-order valence-electron chi connectivity index (χ1n) is 4.70. The zero-order chi connectivity index (χ0) is 13.8. The molecule has 1 rings (SSSR count). The fourth-order valence-corrected chi connectivity index (χ4v) is 3.57. The molecule has 100 valence electrons. The van der Waals surface area contributed by atoms with Crippen LogP contribution in [0.15, 0.2) is 16.3 Å². The molecule has 0 aromatic carbocycles. The highest BCUT2D eigenvalue weighted by atomic mass is 32.2. The van der Waals surface area contributed by atoms with Crippen LogP contribution in [0.4, 0.5) is 0 Å². The van der Waals surface area contributed by atoms with Crippen molar-refractivity contribution in [3.63, 3.8) is 0 Å². The molecule has 0 atom stereocenters. The van der Waals surface area contributed by atoms with E-state index in [1.807, 2.05) is 0 Å². The molecule has 0 aliphatic carbocycles. The molecule has 0 saturated heterocycles. The highest BCUT2D eigenvalue weighted by Gasteiger charge is 2.12. The second-order valence-corrected chi connectivity index (χ2v) is 8.09. The first kappa shape index (κ1) is 15.1. The van der Waals surface area contributed by atoms with Crippen LogP contribution in [-0.2, 0) is 26.5 Å². The van der Waals surface area contributed by atoms with Crippen molar-refractivity contribution in [3.05, 3.63) is 17.0 Å². The molecule has 7 nitrogen and oxygen atoms in total. The fourth-order valence-electron chi connectivity index (χ4n) is 1.11. The smallest absolute Gasteiger partial charge is 0.224 e. The Morgan fingerprint density at radius 2 is 2.00 bits per heavy atom. The highest BCUT2D eigenvalue weighted by molar-refractivity contribution is 7.91. The Balaban J connectivity index is 2.56. The van der Waals surface area contributed by atoms with Crippen molar-refractivity contribution in [2.24, 2.45) is 5.14 Å². The summed E-state index contributed by atoms with van der Waals surface area (Å²) in [5.41, 5.74) is 0. The Hall–Kier alpha value is -0.990. The molecule has 0 spiro atoms. The van der Waals surface area contributed by atoms with Crippen LogP contribution in [0.1, 0.15) is 4.88 Å². The number of hydrogen-bond donors (Lipinski definition) is 2. The van der Waals surface area contributed by atoms with Crippen molar-refractivity contribution in [2.45, 2.75) is 10.6 Å². The van der Waals surface area contributed by atoms with Crippen molar-refractivity contribution in [2.75, 3.05) is 12.3 Å². The van der Waals surface area contributed by atoms with Crippen LogP contribution in [-0.4, -0.2) is 29.1 Å². The number of nitriles is 1. The van der Waals surface area contributed by atoms with Crippen LogP contribution in [0, 0.1) is 11.3 Å². The number of nitrogens with two attached hydrogens (primary N) is 1. The molecule has 0 fully saturated rings. The Morgan fingerprint density at radius 1 is 1.33 bits per heavy atom. The van der Waals surface area contributed by atoms with Crippen LogP contribution < -0.4 is 9.86 Å². The van der Waals surface area contributed by atoms with Crippen molar-refractivity contribution in [1.82, 2.24) is 4.72 Å². The van der Waals surface area contributed by atoms with E-state index in [1.165, 1.54) is 12.1 Å². The minimum Gasteiger partial charge on any atom is -0.224 e. The summed E-state index contributed by atoms with van der Waals surface area (Å²) in [4.78, 5) is 0.693. The van der Waals surface area contributed by atoms with E-state index in [0.717, 1.165) is 11.3 Å². The van der Waals surface area contributed by atoms with E-state index in [-0.39, 0.29) is 10.8 Å². The summed E-state index contributed by atoms with van der Waals surface area (Å²) in [7, 11) is -7.28. The van der Waals surface area contributed by atoms with Gasteiger partial charge in [0.25, 0.3) is 0 Å². The summed E-state index contributed by atoms with van der Waals surface area (Å²) in [6, 6.07) is 4.48. The van der Waals surface area contributed by atoms with Crippen molar-refractivity contribution >= 4 is 31.4 Å². The van der Waals surface area contributed by atoms with Gasteiger partial charge in [-0.15, -0.1) is 11.3 Å². The Labute approximate surface area is 109 Å². The first-order valence-corrected chi connectivity index (χ1v) is 8.72. The number of thiophene rings is 1.